The Kier molecular flexibility index (Phi) is 3.66. The van der Waals surface area contributed by atoms with Crippen LogP contribution in [0.15, 0.2) is 6.20 Å². The maximum atomic E-state index is 9.35. The highest BCUT2D eigenvalue weighted by molar-refractivity contribution is 5.38. The van der Waals surface area contributed by atoms with E-state index < -0.39 is 6.23 Å². The van der Waals surface area contributed by atoms with Gasteiger partial charge in [-0.1, -0.05) is 13.3 Å². The molecule has 1 fully saturated rings. The first-order valence-electron chi connectivity index (χ1n) is 5.99. The van der Waals surface area contributed by atoms with Gasteiger partial charge in [0.25, 0.3) is 0 Å². The summed E-state index contributed by atoms with van der Waals surface area (Å²) in [5, 5.41) is 13.6. The number of aliphatic hydroxyl groups is 1. The maximum absolute atomic E-state index is 9.35. The molecular formula is C11H20N4O2. The minimum atomic E-state index is -1.08. The number of hydrogen-bond acceptors (Lipinski definition) is 5. The Hall–Kier alpha value is -1.11. The molecule has 2 rings (SSSR count). The van der Waals surface area contributed by atoms with E-state index in [1.165, 1.54) is 0 Å². The lowest BCUT2D eigenvalue weighted by Gasteiger charge is -2.30. The summed E-state index contributed by atoms with van der Waals surface area (Å²) in [7, 11) is 0. The van der Waals surface area contributed by atoms with Crippen LogP contribution in [0.25, 0.3) is 0 Å². The Bertz CT molecular complexity index is 378. The lowest BCUT2D eigenvalue weighted by Crippen LogP contribution is -2.30. The molecule has 0 radical (unpaired) electrons. The number of hydrogen-bond donors (Lipinski definition) is 3. The molecule has 1 aliphatic heterocycles. The van der Waals surface area contributed by atoms with Crippen molar-refractivity contribution >= 4 is 5.82 Å². The van der Waals surface area contributed by atoms with Gasteiger partial charge in [-0.3, -0.25) is 4.68 Å². The summed E-state index contributed by atoms with van der Waals surface area (Å²) in [6.45, 7) is 3.60. The smallest absolute Gasteiger partial charge is 0.152 e. The van der Waals surface area contributed by atoms with Crippen LogP contribution >= 0.6 is 0 Å². The van der Waals surface area contributed by atoms with Crippen molar-refractivity contribution in [3.8, 4) is 0 Å². The Morgan fingerprint density at radius 1 is 1.71 bits per heavy atom. The minimum Gasteiger partial charge on any atom is -0.382 e. The number of ether oxygens (including phenoxy) is 1. The van der Waals surface area contributed by atoms with Gasteiger partial charge in [-0.15, -0.1) is 0 Å². The van der Waals surface area contributed by atoms with Gasteiger partial charge in [-0.2, -0.15) is 5.10 Å². The molecule has 5 N–H and O–H groups in total. The van der Waals surface area contributed by atoms with Crippen LogP contribution in [-0.4, -0.2) is 28.1 Å². The number of anilines is 1. The van der Waals surface area contributed by atoms with E-state index >= 15 is 0 Å². The first-order valence-corrected chi connectivity index (χ1v) is 5.99. The molecule has 1 aromatic rings. The van der Waals surface area contributed by atoms with Crippen molar-refractivity contribution < 1.29 is 9.84 Å². The van der Waals surface area contributed by atoms with E-state index in [9.17, 15) is 5.11 Å². The zero-order chi connectivity index (χ0) is 12.4. The highest BCUT2D eigenvalue weighted by atomic mass is 16.5. The Balaban J connectivity index is 2.23. The lowest BCUT2D eigenvalue weighted by molar-refractivity contribution is 0.0167. The molecule has 96 valence electrons. The molecule has 3 atom stereocenters. The molecule has 0 spiro atoms. The number of aliphatic hydroxyl groups excluding tert-OH is 1. The molecule has 0 bridgehead atoms. The van der Waals surface area contributed by atoms with Crippen molar-refractivity contribution in [1.29, 1.82) is 0 Å². The van der Waals surface area contributed by atoms with Crippen molar-refractivity contribution in [2.75, 3.05) is 18.9 Å². The van der Waals surface area contributed by atoms with Crippen molar-refractivity contribution in [3.63, 3.8) is 0 Å². The number of nitrogens with two attached hydrogens (primary N) is 2. The fourth-order valence-corrected chi connectivity index (χ4v) is 2.35. The molecule has 17 heavy (non-hydrogen) atoms. The number of aromatic nitrogens is 2. The first kappa shape index (κ1) is 12.3. The van der Waals surface area contributed by atoms with E-state index in [-0.39, 0.29) is 6.04 Å². The summed E-state index contributed by atoms with van der Waals surface area (Å²) in [4.78, 5) is 0. The topological polar surface area (TPSA) is 99.3 Å². The predicted octanol–water partition coefficient (Wildman–Crippen LogP) is 0.403. The van der Waals surface area contributed by atoms with Crippen LogP contribution in [0.2, 0.25) is 0 Å². The van der Waals surface area contributed by atoms with Gasteiger partial charge in [-0.25, -0.2) is 0 Å². The van der Waals surface area contributed by atoms with Crippen LogP contribution in [-0.2, 0) is 4.74 Å². The summed E-state index contributed by atoms with van der Waals surface area (Å²) in [6, 6.07) is 0.184. The average molecular weight is 240 g/mol. The van der Waals surface area contributed by atoms with Gasteiger partial charge in [0.05, 0.1) is 18.2 Å². The zero-order valence-corrected chi connectivity index (χ0v) is 10.0. The summed E-state index contributed by atoms with van der Waals surface area (Å²) >= 11 is 0. The van der Waals surface area contributed by atoms with Gasteiger partial charge < -0.3 is 21.3 Å². The van der Waals surface area contributed by atoms with Gasteiger partial charge in [-0.05, 0) is 12.3 Å². The molecular weight excluding hydrogens is 220 g/mol. The predicted molar refractivity (Wildman–Crippen MR) is 64.0 cm³/mol. The van der Waals surface area contributed by atoms with Crippen LogP contribution in [0.1, 0.15) is 37.6 Å². The van der Waals surface area contributed by atoms with E-state index in [2.05, 4.69) is 12.0 Å². The molecule has 0 aliphatic carbocycles. The highest BCUT2D eigenvalue weighted by Gasteiger charge is 2.27. The molecule has 0 aromatic carbocycles. The summed E-state index contributed by atoms with van der Waals surface area (Å²) in [5.74, 6) is 0.825. The third-order valence-corrected chi connectivity index (χ3v) is 3.44. The zero-order valence-electron chi connectivity index (χ0n) is 10.0. The van der Waals surface area contributed by atoms with Crippen molar-refractivity contribution in [2.24, 2.45) is 11.7 Å². The quantitative estimate of drug-likeness (QED) is 0.664. The monoisotopic (exact) mass is 240 g/mol. The van der Waals surface area contributed by atoms with Crippen LogP contribution in [0.4, 0.5) is 5.82 Å². The van der Waals surface area contributed by atoms with Gasteiger partial charge in [0.1, 0.15) is 6.23 Å². The fraction of sp³-hybridized carbons (Fsp3) is 0.727. The molecule has 0 saturated carbocycles. The van der Waals surface area contributed by atoms with Gasteiger partial charge in [0, 0.05) is 12.8 Å². The van der Waals surface area contributed by atoms with E-state index in [4.69, 9.17) is 16.2 Å². The molecule has 0 amide bonds. The molecule has 2 unspecified atom stereocenters. The van der Waals surface area contributed by atoms with Crippen molar-refractivity contribution in [1.82, 2.24) is 9.78 Å². The molecule has 1 aromatic heterocycles. The maximum Gasteiger partial charge on any atom is 0.152 e. The van der Waals surface area contributed by atoms with Crippen LogP contribution in [0.5, 0.6) is 0 Å². The Labute approximate surface area is 101 Å². The number of nitrogens with zero attached hydrogens (tertiary/aromatic N) is 2. The Morgan fingerprint density at radius 3 is 3.06 bits per heavy atom. The van der Waals surface area contributed by atoms with E-state index in [0.29, 0.717) is 23.9 Å². The number of rotatable bonds is 3. The molecule has 1 saturated heterocycles. The van der Waals surface area contributed by atoms with Gasteiger partial charge in [0.15, 0.2) is 5.82 Å². The second kappa shape index (κ2) is 5.03. The molecule has 2 heterocycles. The van der Waals surface area contributed by atoms with Crippen molar-refractivity contribution in [2.45, 2.75) is 32.0 Å². The van der Waals surface area contributed by atoms with Crippen molar-refractivity contribution in [3.05, 3.63) is 11.8 Å². The van der Waals surface area contributed by atoms with Gasteiger partial charge >= 0.3 is 0 Å². The average Bonchev–Trinajstić information content (AvgIpc) is 2.71. The lowest BCUT2D eigenvalue weighted by atomic mass is 9.92. The molecule has 6 nitrogen and oxygen atoms in total. The van der Waals surface area contributed by atoms with Crippen LogP contribution < -0.4 is 11.5 Å². The standard InChI is InChI=1S/C11H20N4O2/c1-2-7-3-4-17-6-9(7)15-5-8(11(13)16)10(12)14-15/h5,7,9,11,16H,2-4,6,13H2,1H3,(H2,12,14)/t7-,9?,11?/m0/s1. The third-order valence-electron chi connectivity index (χ3n) is 3.44. The van der Waals surface area contributed by atoms with Crippen LogP contribution in [0, 0.1) is 5.92 Å². The van der Waals surface area contributed by atoms with E-state index in [1.54, 1.807) is 10.9 Å². The summed E-state index contributed by atoms with van der Waals surface area (Å²) < 4.78 is 7.27. The highest BCUT2D eigenvalue weighted by Crippen LogP contribution is 2.30. The summed E-state index contributed by atoms with van der Waals surface area (Å²) in [5.41, 5.74) is 11.6. The first-order chi connectivity index (χ1) is 8.13. The van der Waals surface area contributed by atoms with Gasteiger partial charge in [0.2, 0.25) is 0 Å². The largest absolute Gasteiger partial charge is 0.382 e. The van der Waals surface area contributed by atoms with E-state index in [0.717, 1.165) is 19.4 Å². The fourth-order valence-electron chi connectivity index (χ4n) is 2.35. The van der Waals surface area contributed by atoms with E-state index in [1.807, 2.05) is 0 Å². The summed E-state index contributed by atoms with van der Waals surface area (Å²) in [6.07, 6.45) is 2.76. The Morgan fingerprint density at radius 2 is 2.47 bits per heavy atom. The molecule has 6 heteroatoms. The third kappa shape index (κ3) is 2.43. The SMILES string of the molecule is CC[C@H]1CCOCC1n1cc(C(N)O)c(N)n1. The normalized spacial score (nSPS) is 27.0. The van der Waals surface area contributed by atoms with Crippen LogP contribution in [0.3, 0.4) is 0 Å². The minimum absolute atomic E-state index is 0.184. The second-order valence-electron chi connectivity index (χ2n) is 4.49. The molecule has 1 aliphatic rings. The second-order valence-corrected chi connectivity index (χ2v) is 4.49. The number of nitrogen functional groups attached to an aromatic ring is 1.